The van der Waals surface area contributed by atoms with Crippen molar-refractivity contribution in [2.24, 2.45) is 0 Å². The minimum absolute atomic E-state index is 0.221. The Hall–Kier alpha value is -4.58. The maximum atomic E-state index is 6.62. The third kappa shape index (κ3) is 1.90. The minimum atomic E-state index is 0.221. The van der Waals surface area contributed by atoms with Crippen molar-refractivity contribution in [2.75, 3.05) is 22.9 Å². The number of pyridine rings is 2. The van der Waals surface area contributed by atoms with E-state index in [-0.39, 0.29) is 5.82 Å². The molecule has 0 bridgehead atoms. The summed E-state index contributed by atoms with van der Waals surface area (Å²) in [4.78, 5) is 8.83. The maximum Gasteiger partial charge on any atom is 0.149 e. The van der Waals surface area contributed by atoms with Crippen molar-refractivity contribution < 1.29 is 0 Å². The van der Waals surface area contributed by atoms with E-state index >= 15 is 0 Å². The third-order valence-corrected chi connectivity index (χ3v) is 6.71. The molecule has 2 aromatic heterocycles. The number of rotatable bonds is 0. The molecule has 0 radical (unpaired) electrons. The summed E-state index contributed by atoms with van der Waals surface area (Å²) in [6, 6.07) is 16.6. The Labute approximate surface area is 181 Å². The molecule has 8 N–H and O–H groups in total. The lowest BCUT2D eigenvalue weighted by atomic mass is 9.85. The van der Waals surface area contributed by atoms with Gasteiger partial charge < -0.3 is 22.9 Å². The largest absolute Gasteiger partial charge is 0.398 e. The van der Waals surface area contributed by atoms with E-state index in [1.807, 2.05) is 36.7 Å². The first-order chi connectivity index (χ1) is 15.5. The lowest BCUT2D eigenvalue weighted by molar-refractivity contribution is 1.38. The number of nitrogens with zero attached hydrogens (tertiary/aromatic N) is 2. The summed E-state index contributed by atoms with van der Waals surface area (Å²) in [6.07, 6.45) is 3.78. The molecule has 7 aromatic rings. The van der Waals surface area contributed by atoms with Gasteiger partial charge in [-0.05, 0) is 45.1 Å². The first kappa shape index (κ1) is 17.1. The summed E-state index contributed by atoms with van der Waals surface area (Å²) in [5, 5.41) is 12.1. The van der Waals surface area contributed by atoms with E-state index in [0.29, 0.717) is 17.2 Å². The molecule has 32 heavy (non-hydrogen) atoms. The SMILES string of the molecule is Nc1nc(N)c2cc3c4ccccc4cc4c5cncc6ccc(N)c(c65)c(c2c1N)c34. The molecule has 152 valence electrons. The van der Waals surface area contributed by atoms with Crippen LogP contribution in [0.3, 0.4) is 0 Å². The number of fused-ring (bicyclic) bond motifs is 6. The molecule has 0 fully saturated rings. The fraction of sp³-hybridized carbons (Fsp3) is 0. The van der Waals surface area contributed by atoms with E-state index in [1.54, 1.807) is 0 Å². The molecule has 0 atom stereocenters. The molecule has 0 aliphatic carbocycles. The van der Waals surface area contributed by atoms with Gasteiger partial charge in [-0.25, -0.2) is 4.98 Å². The molecular formula is C26H18N6. The zero-order valence-electron chi connectivity index (χ0n) is 17.0. The van der Waals surface area contributed by atoms with Crippen LogP contribution in [0.5, 0.6) is 0 Å². The molecular weight excluding hydrogens is 396 g/mol. The monoisotopic (exact) mass is 414 g/mol. The number of aromatic nitrogens is 2. The van der Waals surface area contributed by atoms with Gasteiger partial charge in [-0.3, -0.25) is 4.98 Å². The molecule has 0 amide bonds. The van der Waals surface area contributed by atoms with Crippen molar-refractivity contribution in [3.05, 3.63) is 60.9 Å². The van der Waals surface area contributed by atoms with Crippen molar-refractivity contribution in [2.45, 2.75) is 0 Å². The van der Waals surface area contributed by atoms with Crippen LogP contribution in [0.2, 0.25) is 0 Å². The standard InChI is InChI=1S/C26H18N6/c27-18-6-5-12-9-31-10-17-14-7-11-3-1-2-4-13(11)15-8-16-21(24(28)26(30)32-25(16)29)23(20(14)15)22(18)19(12)17/h1-10H,27-28H2,(H4,29,30,32). The highest BCUT2D eigenvalue weighted by Gasteiger charge is 2.22. The maximum absolute atomic E-state index is 6.62. The molecule has 5 aromatic carbocycles. The van der Waals surface area contributed by atoms with E-state index in [0.717, 1.165) is 64.6 Å². The van der Waals surface area contributed by atoms with Gasteiger partial charge in [0.05, 0.1) is 5.69 Å². The summed E-state index contributed by atoms with van der Waals surface area (Å²) in [5.41, 5.74) is 26.8. The highest BCUT2D eigenvalue weighted by molar-refractivity contribution is 6.43. The lowest BCUT2D eigenvalue weighted by Crippen LogP contribution is -2.04. The highest BCUT2D eigenvalue weighted by atomic mass is 14.9. The van der Waals surface area contributed by atoms with Gasteiger partial charge in [0.2, 0.25) is 0 Å². The summed E-state index contributed by atoms with van der Waals surface area (Å²) in [7, 11) is 0. The Morgan fingerprint density at radius 2 is 1.34 bits per heavy atom. The molecule has 0 unspecified atom stereocenters. The van der Waals surface area contributed by atoms with E-state index < -0.39 is 0 Å². The second-order valence-electron chi connectivity index (χ2n) is 8.35. The normalized spacial score (nSPS) is 12.2. The average Bonchev–Trinajstić information content (AvgIpc) is 2.80. The van der Waals surface area contributed by atoms with Gasteiger partial charge in [-0.15, -0.1) is 0 Å². The smallest absolute Gasteiger partial charge is 0.149 e. The van der Waals surface area contributed by atoms with Crippen molar-refractivity contribution in [3.63, 3.8) is 0 Å². The number of hydrogen-bond donors (Lipinski definition) is 4. The molecule has 6 nitrogen and oxygen atoms in total. The fourth-order valence-electron chi connectivity index (χ4n) is 5.36. The zero-order valence-corrected chi connectivity index (χ0v) is 17.0. The number of nitrogen functional groups attached to an aromatic ring is 4. The predicted octanol–water partition coefficient (Wildman–Crippen LogP) is 5.16. The first-order valence-electron chi connectivity index (χ1n) is 10.3. The van der Waals surface area contributed by atoms with Gasteiger partial charge in [0.1, 0.15) is 11.6 Å². The Balaban J connectivity index is 2.01. The van der Waals surface area contributed by atoms with Crippen molar-refractivity contribution in [1.82, 2.24) is 9.97 Å². The van der Waals surface area contributed by atoms with Crippen LogP contribution in [-0.4, -0.2) is 9.97 Å². The topological polar surface area (TPSA) is 130 Å². The summed E-state index contributed by atoms with van der Waals surface area (Å²) in [5.74, 6) is 0.574. The fourth-order valence-corrected chi connectivity index (χ4v) is 5.36. The second kappa shape index (κ2) is 5.56. The molecule has 0 saturated carbocycles. The Kier molecular flexibility index (Phi) is 2.98. The molecule has 6 heteroatoms. The van der Waals surface area contributed by atoms with Gasteiger partial charge in [-0.2, -0.15) is 0 Å². The van der Waals surface area contributed by atoms with Crippen LogP contribution in [0.25, 0.3) is 64.6 Å². The van der Waals surface area contributed by atoms with Crippen LogP contribution in [0.15, 0.2) is 60.9 Å². The van der Waals surface area contributed by atoms with Crippen LogP contribution >= 0.6 is 0 Å². The molecule has 0 saturated heterocycles. The molecule has 0 aliphatic heterocycles. The van der Waals surface area contributed by atoms with Gasteiger partial charge >= 0.3 is 0 Å². The van der Waals surface area contributed by atoms with E-state index in [2.05, 4.69) is 34.2 Å². The van der Waals surface area contributed by atoms with Crippen molar-refractivity contribution in [3.8, 4) is 0 Å². The predicted molar refractivity (Wildman–Crippen MR) is 136 cm³/mol. The van der Waals surface area contributed by atoms with E-state index in [4.69, 9.17) is 22.9 Å². The van der Waals surface area contributed by atoms with Crippen LogP contribution < -0.4 is 22.9 Å². The van der Waals surface area contributed by atoms with Gasteiger partial charge in [-0.1, -0.05) is 30.3 Å². The van der Waals surface area contributed by atoms with Gasteiger partial charge in [0.15, 0.2) is 0 Å². The number of benzene rings is 5. The van der Waals surface area contributed by atoms with Crippen LogP contribution in [-0.2, 0) is 0 Å². The summed E-state index contributed by atoms with van der Waals surface area (Å²) >= 11 is 0. The van der Waals surface area contributed by atoms with Crippen molar-refractivity contribution in [1.29, 1.82) is 0 Å². The minimum Gasteiger partial charge on any atom is -0.398 e. The second-order valence-corrected chi connectivity index (χ2v) is 8.35. The van der Waals surface area contributed by atoms with Crippen LogP contribution in [0.4, 0.5) is 23.0 Å². The zero-order chi connectivity index (χ0) is 21.7. The summed E-state index contributed by atoms with van der Waals surface area (Å²) < 4.78 is 0. The number of hydrogen-bond acceptors (Lipinski definition) is 6. The van der Waals surface area contributed by atoms with Crippen LogP contribution in [0, 0.1) is 0 Å². The Morgan fingerprint density at radius 1 is 0.531 bits per heavy atom. The summed E-state index contributed by atoms with van der Waals surface area (Å²) in [6.45, 7) is 0. The third-order valence-electron chi connectivity index (χ3n) is 6.71. The lowest BCUT2D eigenvalue weighted by Gasteiger charge is -2.20. The van der Waals surface area contributed by atoms with E-state index in [1.165, 1.54) is 0 Å². The first-order valence-corrected chi connectivity index (χ1v) is 10.3. The van der Waals surface area contributed by atoms with Crippen LogP contribution in [0.1, 0.15) is 0 Å². The molecule has 0 aliphatic rings. The Morgan fingerprint density at radius 3 is 2.22 bits per heavy atom. The van der Waals surface area contributed by atoms with Crippen molar-refractivity contribution >= 4 is 87.6 Å². The molecule has 7 rings (SSSR count). The number of nitrogens with two attached hydrogens (primary N) is 4. The molecule has 0 spiro atoms. The Bertz CT molecular complexity index is 1920. The molecule has 2 heterocycles. The van der Waals surface area contributed by atoms with Gasteiger partial charge in [0, 0.05) is 55.8 Å². The highest BCUT2D eigenvalue weighted by Crippen LogP contribution is 2.49. The van der Waals surface area contributed by atoms with E-state index in [9.17, 15) is 0 Å². The number of anilines is 4. The average molecular weight is 414 g/mol. The quantitative estimate of drug-likeness (QED) is 0.154. The van der Waals surface area contributed by atoms with Gasteiger partial charge in [0.25, 0.3) is 0 Å².